The Bertz CT molecular complexity index is 547. The van der Waals surface area contributed by atoms with Gasteiger partial charge in [0.05, 0.1) is 32.0 Å². The first-order chi connectivity index (χ1) is 14.3. The molecule has 0 bridgehead atoms. The van der Waals surface area contributed by atoms with E-state index in [1.54, 1.807) is 0 Å². The SMILES string of the molecule is NC[C@H]1COC[C@@H](O[C@H]2[C@H](O)[C@@H](O[C@H]3O[C@H](CO)[C@@H](O)[C@H](N)[C@H]3O)[C@H](N)C[C@@H]2N)O1. The molecule has 3 aliphatic rings. The lowest BCUT2D eigenvalue weighted by Gasteiger charge is -2.47. The zero-order chi connectivity index (χ0) is 22.0. The summed E-state index contributed by atoms with van der Waals surface area (Å²) in [4.78, 5) is 0. The fourth-order valence-electron chi connectivity index (χ4n) is 3.98. The van der Waals surface area contributed by atoms with Crippen molar-refractivity contribution in [2.24, 2.45) is 22.9 Å². The largest absolute Gasteiger partial charge is 0.394 e. The van der Waals surface area contributed by atoms with Crippen molar-refractivity contribution in [2.75, 3.05) is 26.4 Å². The van der Waals surface area contributed by atoms with E-state index in [1.165, 1.54) is 0 Å². The Morgan fingerprint density at radius 1 is 0.867 bits per heavy atom. The number of hydrogen-bond acceptors (Lipinski definition) is 13. The van der Waals surface area contributed by atoms with Crippen molar-refractivity contribution in [3.63, 3.8) is 0 Å². The third-order valence-corrected chi connectivity index (χ3v) is 5.76. The second-order valence-corrected chi connectivity index (χ2v) is 8.00. The van der Waals surface area contributed by atoms with Gasteiger partial charge in [0.15, 0.2) is 12.6 Å². The monoisotopic (exact) mass is 438 g/mol. The minimum atomic E-state index is -1.41. The van der Waals surface area contributed by atoms with Crippen molar-refractivity contribution in [3.8, 4) is 0 Å². The van der Waals surface area contributed by atoms with Gasteiger partial charge in [-0.25, -0.2) is 0 Å². The van der Waals surface area contributed by atoms with Crippen LogP contribution in [0.25, 0.3) is 0 Å². The summed E-state index contributed by atoms with van der Waals surface area (Å²) >= 11 is 0. The van der Waals surface area contributed by atoms with E-state index in [2.05, 4.69) is 0 Å². The first kappa shape index (κ1) is 24.1. The van der Waals surface area contributed by atoms with E-state index in [1.807, 2.05) is 0 Å². The molecule has 3 fully saturated rings. The van der Waals surface area contributed by atoms with E-state index in [0.717, 1.165) is 0 Å². The van der Waals surface area contributed by atoms with Crippen molar-refractivity contribution >= 4 is 0 Å². The zero-order valence-corrected chi connectivity index (χ0v) is 16.6. The number of rotatable bonds is 6. The Hall–Kier alpha value is -0.520. The van der Waals surface area contributed by atoms with Gasteiger partial charge in [-0.1, -0.05) is 0 Å². The Morgan fingerprint density at radius 2 is 1.53 bits per heavy atom. The third-order valence-electron chi connectivity index (χ3n) is 5.76. The smallest absolute Gasteiger partial charge is 0.186 e. The second kappa shape index (κ2) is 10.4. The minimum absolute atomic E-state index is 0.152. The molecule has 0 aromatic heterocycles. The maximum absolute atomic E-state index is 10.9. The summed E-state index contributed by atoms with van der Waals surface area (Å²) in [7, 11) is 0. The number of hydrogen-bond donors (Lipinski definition) is 8. The predicted octanol–water partition coefficient (Wildman–Crippen LogP) is -5.36. The maximum Gasteiger partial charge on any atom is 0.186 e. The lowest BCUT2D eigenvalue weighted by Crippen LogP contribution is -2.67. The molecule has 2 saturated heterocycles. The number of aliphatic hydroxyl groups excluding tert-OH is 4. The molecule has 13 heteroatoms. The number of nitrogens with two attached hydrogens (primary N) is 4. The number of aliphatic hydroxyl groups is 4. The van der Waals surface area contributed by atoms with Crippen LogP contribution in [-0.4, -0.2) is 120 Å². The van der Waals surface area contributed by atoms with E-state index in [-0.39, 0.29) is 25.7 Å². The Labute approximate surface area is 174 Å². The molecule has 176 valence electrons. The first-order valence-electron chi connectivity index (χ1n) is 10.1. The van der Waals surface area contributed by atoms with Crippen molar-refractivity contribution < 1.29 is 44.1 Å². The predicted molar refractivity (Wildman–Crippen MR) is 101 cm³/mol. The lowest BCUT2D eigenvalue weighted by molar-refractivity contribution is -0.316. The van der Waals surface area contributed by atoms with E-state index < -0.39 is 73.9 Å². The van der Waals surface area contributed by atoms with Crippen molar-refractivity contribution in [3.05, 3.63) is 0 Å². The summed E-state index contributed by atoms with van der Waals surface area (Å²) in [6.45, 7) is 0.226. The van der Waals surface area contributed by atoms with Gasteiger partial charge in [0.1, 0.15) is 36.6 Å². The molecular formula is C17H34N4O9. The second-order valence-electron chi connectivity index (χ2n) is 8.00. The highest BCUT2D eigenvalue weighted by atomic mass is 16.7. The van der Waals surface area contributed by atoms with E-state index in [0.29, 0.717) is 6.61 Å². The van der Waals surface area contributed by atoms with Gasteiger partial charge in [-0.3, -0.25) is 0 Å². The van der Waals surface area contributed by atoms with Crippen molar-refractivity contribution in [2.45, 2.75) is 79.9 Å². The molecule has 12 N–H and O–H groups in total. The van der Waals surface area contributed by atoms with Gasteiger partial charge in [-0.2, -0.15) is 0 Å². The van der Waals surface area contributed by atoms with Crippen LogP contribution in [0.15, 0.2) is 0 Å². The summed E-state index contributed by atoms with van der Waals surface area (Å²) in [5.74, 6) is 0. The van der Waals surface area contributed by atoms with Crippen LogP contribution < -0.4 is 22.9 Å². The molecule has 30 heavy (non-hydrogen) atoms. The summed E-state index contributed by atoms with van der Waals surface area (Å²) in [5, 5.41) is 40.5. The first-order valence-corrected chi connectivity index (χ1v) is 10.1. The Morgan fingerprint density at radius 3 is 2.17 bits per heavy atom. The molecule has 0 aromatic carbocycles. The van der Waals surface area contributed by atoms with Gasteiger partial charge in [0.2, 0.25) is 0 Å². The highest BCUT2D eigenvalue weighted by Gasteiger charge is 2.49. The number of ether oxygens (including phenoxy) is 5. The van der Waals surface area contributed by atoms with Crippen LogP contribution in [0, 0.1) is 0 Å². The van der Waals surface area contributed by atoms with Crippen LogP contribution in [-0.2, 0) is 23.7 Å². The summed E-state index contributed by atoms with van der Waals surface area (Å²) < 4.78 is 28.1. The molecule has 1 saturated carbocycles. The normalized spacial score (nSPS) is 50.4. The van der Waals surface area contributed by atoms with E-state index >= 15 is 0 Å². The molecular weight excluding hydrogens is 404 g/mol. The molecule has 2 heterocycles. The van der Waals surface area contributed by atoms with Crippen LogP contribution in [0.1, 0.15) is 6.42 Å². The molecule has 1 aliphatic carbocycles. The molecule has 0 radical (unpaired) electrons. The van der Waals surface area contributed by atoms with Crippen LogP contribution >= 0.6 is 0 Å². The summed E-state index contributed by atoms with van der Waals surface area (Å²) in [6.07, 6.45) is -9.11. The minimum Gasteiger partial charge on any atom is -0.394 e. The van der Waals surface area contributed by atoms with E-state index in [4.69, 9.17) is 46.6 Å². The summed E-state index contributed by atoms with van der Waals surface area (Å²) in [5.41, 5.74) is 23.7. The van der Waals surface area contributed by atoms with Crippen LogP contribution in [0.3, 0.4) is 0 Å². The lowest BCUT2D eigenvalue weighted by atomic mass is 9.84. The molecule has 12 atom stereocenters. The van der Waals surface area contributed by atoms with Crippen molar-refractivity contribution in [1.82, 2.24) is 0 Å². The highest BCUT2D eigenvalue weighted by Crippen LogP contribution is 2.29. The Kier molecular flexibility index (Phi) is 8.36. The fraction of sp³-hybridized carbons (Fsp3) is 1.00. The molecule has 3 rings (SSSR count). The molecule has 0 aromatic rings. The van der Waals surface area contributed by atoms with Gasteiger partial charge in [-0.15, -0.1) is 0 Å². The molecule has 0 spiro atoms. The van der Waals surface area contributed by atoms with Crippen LogP contribution in [0.5, 0.6) is 0 Å². The molecule has 13 nitrogen and oxygen atoms in total. The van der Waals surface area contributed by atoms with Gasteiger partial charge in [0.25, 0.3) is 0 Å². The quantitative estimate of drug-likeness (QED) is 0.194. The molecule has 2 aliphatic heterocycles. The Balaban J connectivity index is 1.67. The van der Waals surface area contributed by atoms with Crippen LogP contribution in [0.4, 0.5) is 0 Å². The highest BCUT2D eigenvalue weighted by molar-refractivity contribution is 5.00. The van der Waals surface area contributed by atoms with Gasteiger partial charge in [-0.05, 0) is 6.42 Å². The van der Waals surface area contributed by atoms with Crippen LogP contribution in [0.2, 0.25) is 0 Å². The van der Waals surface area contributed by atoms with Gasteiger partial charge >= 0.3 is 0 Å². The fourth-order valence-corrected chi connectivity index (χ4v) is 3.98. The van der Waals surface area contributed by atoms with Crippen molar-refractivity contribution in [1.29, 1.82) is 0 Å². The average molecular weight is 438 g/mol. The topological polar surface area (TPSA) is 231 Å². The molecule has 0 amide bonds. The maximum atomic E-state index is 10.9. The van der Waals surface area contributed by atoms with E-state index in [9.17, 15) is 20.4 Å². The standard InChI is InChI=1S/C17H34N4O9/c18-2-6-4-26-5-10(27-6)29-15-7(19)1-8(20)16(14(15)25)30-17-13(24)11(21)12(23)9(3-22)28-17/h6-17,22-25H,1-5,18-21H2/t6-,7-,8+,9+,10+,11-,12+,13+,14-,15+,16-,17+/m0/s1. The average Bonchev–Trinajstić information content (AvgIpc) is 2.74. The third kappa shape index (κ3) is 5.10. The zero-order valence-electron chi connectivity index (χ0n) is 16.6. The summed E-state index contributed by atoms with van der Waals surface area (Å²) in [6, 6.07) is -2.42. The van der Waals surface area contributed by atoms with Gasteiger partial charge < -0.3 is 67.0 Å². The molecule has 0 unspecified atom stereocenters. The van der Waals surface area contributed by atoms with Gasteiger partial charge in [0, 0.05) is 18.6 Å².